The lowest BCUT2D eigenvalue weighted by molar-refractivity contribution is -0.132. The summed E-state index contributed by atoms with van der Waals surface area (Å²) in [4.78, 5) is 26.5. The van der Waals surface area contributed by atoms with Crippen LogP contribution in [0.15, 0.2) is 29.0 Å². The first kappa shape index (κ1) is 17.5. The Morgan fingerprint density at radius 1 is 1.39 bits per heavy atom. The molecule has 0 aliphatic rings. The van der Waals surface area contributed by atoms with Crippen molar-refractivity contribution in [3.8, 4) is 0 Å². The number of likely N-dealkylation sites (N-methyl/N-ethyl adjacent to an activating group) is 1. The number of nitrogens with zero attached hydrogens (tertiary/aromatic N) is 3. The summed E-state index contributed by atoms with van der Waals surface area (Å²) in [6.07, 6.45) is 3.33. The number of aromatic nitrogens is 2. The highest BCUT2D eigenvalue weighted by molar-refractivity contribution is 9.10. The van der Waals surface area contributed by atoms with Crippen molar-refractivity contribution in [1.29, 1.82) is 0 Å². The van der Waals surface area contributed by atoms with Gasteiger partial charge < -0.3 is 10.2 Å². The number of hydrogen-bond acceptors (Lipinski definition) is 3. The number of carbonyl (C=O) groups is 2. The average Bonchev–Trinajstić information content (AvgIpc) is 2.91. The van der Waals surface area contributed by atoms with Gasteiger partial charge >= 0.3 is 0 Å². The summed E-state index contributed by atoms with van der Waals surface area (Å²) in [6, 6.07) is 2.99. The minimum Gasteiger partial charge on any atom is -0.344 e. The van der Waals surface area contributed by atoms with Gasteiger partial charge in [0.2, 0.25) is 5.91 Å². The zero-order valence-electron chi connectivity index (χ0n) is 13.7. The molecular formula is C16H21BrN4O2. The summed E-state index contributed by atoms with van der Waals surface area (Å²) < 4.78 is 2.49. The summed E-state index contributed by atoms with van der Waals surface area (Å²) >= 11 is 3.40. The van der Waals surface area contributed by atoms with E-state index in [4.69, 9.17) is 0 Å². The highest BCUT2D eigenvalue weighted by Gasteiger charge is 2.26. The summed E-state index contributed by atoms with van der Waals surface area (Å²) in [5.41, 5.74) is 1.34. The molecule has 0 bridgehead atoms. The molecule has 0 spiro atoms. The zero-order chi connectivity index (χ0) is 17.1. The van der Waals surface area contributed by atoms with Gasteiger partial charge in [-0.25, -0.2) is 4.52 Å². The number of hydrogen-bond donors (Lipinski definition) is 1. The van der Waals surface area contributed by atoms with Crippen LogP contribution in [0.4, 0.5) is 0 Å². The van der Waals surface area contributed by atoms with E-state index in [-0.39, 0.29) is 17.7 Å². The first-order valence-electron chi connectivity index (χ1n) is 7.53. The maximum Gasteiger partial charge on any atom is 0.253 e. The van der Waals surface area contributed by atoms with Gasteiger partial charge in [0, 0.05) is 19.8 Å². The van der Waals surface area contributed by atoms with Gasteiger partial charge in [-0.2, -0.15) is 5.10 Å². The van der Waals surface area contributed by atoms with Crippen LogP contribution in [0.3, 0.4) is 0 Å². The Kier molecular flexibility index (Phi) is 5.41. The molecule has 23 heavy (non-hydrogen) atoms. The number of carbonyl (C=O) groups excluding carboxylic acids is 2. The van der Waals surface area contributed by atoms with Crippen LogP contribution in [-0.4, -0.2) is 46.0 Å². The van der Waals surface area contributed by atoms with Gasteiger partial charge in [-0.05, 0) is 40.9 Å². The van der Waals surface area contributed by atoms with Crippen LogP contribution in [0.25, 0.3) is 5.52 Å². The highest BCUT2D eigenvalue weighted by Crippen LogP contribution is 2.18. The molecule has 0 aromatic carbocycles. The lowest BCUT2D eigenvalue weighted by atomic mass is 10.0. The largest absolute Gasteiger partial charge is 0.344 e. The number of halogens is 1. The van der Waals surface area contributed by atoms with Gasteiger partial charge in [0.05, 0.1) is 21.7 Å². The molecule has 2 aromatic heterocycles. The number of pyridine rings is 1. The molecule has 6 nitrogen and oxygen atoms in total. The maximum absolute atomic E-state index is 12.5. The molecule has 1 atom stereocenters. The standard InChI is InChI=1S/C16H21BrN4O2/c1-5-20(4)16(23)14(10(2)3)19-15(22)11-6-7-13-12(17)8-18-21(13)9-11/h6-10,14H,5H2,1-4H3,(H,19,22)/t14-/m0/s1. The second-order valence-electron chi connectivity index (χ2n) is 5.79. The monoisotopic (exact) mass is 380 g/mol. The Balaban J connectivity index is 2.21. The van der Waals surface area contributed by atoms with Gasteiger partial charge in [-0.3, -0.25) is 9.59 Å². The molecule has 2 heterocycles. The summed E-state index contributed by atoms with van der Waals surface area (Å²) in [5.74, 6) is -0.364. The molecule has 0 saturated carbocycles. The minimum atomic E-state index is -0.549. The van der Waals surface area contributed by atoms with Crippen LogP contribution in [0, 0.1) is 5.92 Å². The van der Waals surface area contributed by atoms with Crippen molar-refractivity contribution in [2.75, 3.05) is 13.6 Å². The molecule has 7 heteroatoms. The third-order valence-corrected chi connectivity index (χ3v) is 4.41. The van der Waals surface area contributed by atoms with Crippen LogP contribution < -0.4 is 5.32 Å². The molecule has 1 N–H and O–H groups in total. The second-order valence-corrected chi connectivity index (χ2v) is 6.64. The molecule has 124 valence electrons. The molecule has 0 saturated heterocycles. The van der Waals surface area contributed by atoms with E-state index < -0.39 is 6.04 Å². The number of fused-ring (bicyclic) bond motifs is 1. The predicted octanol–water partition coefficient (Wildman–Crippen LogP) is 2.33. The summed E-state index contributed by atoms with van der Waals surface area (Å²) in [7, 11) is 1.73. The Morgan fingerprint density at radius 3 is 2.70 bits per heavy atom. The quantitative estimate of drug-likeness (QED) is 0.865. The molecule has 0 unspecified atom stereocenters. The molecule has 2 rings (SSSR count). The SMILES string of the molecule is CCN(C)C(=O)[C@@H](NC(=O)c1ccc2c(Br)cnn2c1)C(C)C. The van der Waals surface area contributed by atoms with E-state index in [9.17, 15) is 9.59 Å². The predicted molar refractivity (Wildman–Crippen MR) is 92.3 cm³/mol. The van der Waals surface area contributed by atoms with E-state index in [1.807, 2.05) is 26.8 Å². The van der Waals surface area contributed by atoms with Crippen molar-refractivity contribution < 1.29 is 9.59 Å². The van der Waals surface area contributed by atoms with Gasteiger partial charge in [-0.1, -0.05) is 13.8 Å². The van der Waals surface area contributed by atoms with E-state index >= 15 is 0 Å². The third-order valence-electron chi connectivity index (χ3n) is 3.80. The van der Waals surface area contributed by atoms with E-state index in [0.29, 0.717) is 12.1 Å². The van der Waals surface area contributed by atoms with Crippen LogP contribution in [0.5, 0.6) is 0 Å². The fourth-order valence-electron chi connectivity index (χ4n) is 2.22. The van der Waals surface area contributed by atoms with Crippen molar-refractivity contribution in [3.05, 3.63) is 34.6 Å². The second kappa shape index (κ2) is 7.12. The fourth-order valence-corrected chi connectivity index (χ4v) is 2.62. The lowest BCUT2D eigenvalue weighted by Gasteiger charge is -2.26. The average molecular weight is 381 g/mol. The molecule has 0 aliphatic heterocycles. The highest BCUT2D eigenvalue weighted by atomic mass is 79.9. The van der Waals surface area contributed by atoms with Crippen molar-refractivity contribution in [1.82, 2.24) is 19.8 Å². The van der Waals surface area contributed by atoms with E-state index in [1.165, 1.54) is 0 Å². The zero-order valence-corrected chi connectivity index (χ0v) is 15.3. The topological polar surface area (TPSA) is 66.7 Å². The maximum atomic E-state index is 12.5. The van der Waals surface area contributed by atoms with Crippen molar-refractivity contribution in [2.24, 2.45) is 5.92 Å². The molecule has 0 fully saturated rings. The van der Waals surface area contributed by atoms with Crippen LogP contribution >= 0.6 is 15.9 Å². The van der Waals surface area contributed by atoms with Gasteiger partial charge in [-0.15, -0.1) is 0 Å². The number of amides is 2. The first-order chi connectivity index (χ1) is 10.8. The van der Waals surface area contributed by atoms with E-state index in [1.54, 1.807) is 34.9 Å². The van der Waals surface area contributed by atoms with Gasteiger partial charge in [0.15, 0.2) is 0 Å². The molecular weight excluding hydrogens is 360 g/mol. The smallest absolute Gasteiger partial charge is 0.253 e. The number of nitrogens with one attached hydrogen (secondary N) is 1. The number of rotatable bonds is 5. The minimum absolute atomic E-state index is 0.00280. The van der Waals surface area contributed by atoms with E-state index in [0.717, 1.165) is 9.99 Å². The summed E-state index contributed by atoms with van der Waals surface area (Å²) in [5, 5.41) is 7.00. The molecule has 0 radical (unpaired) electrons. The van der Waals surface area contributed by atoms with Crippen molar-refractivity contribution in [3.63, 3.8) is 0 Å². The van der Waals surface area contributed by atoms with E-state index in [2.05, 4.69) is 26.3 Å². The van der Waals surface area contributed by atoms with Gasteiger partial charge in [0.1, 0.15) is 6.04 Å². The Labute approximate surface area is 144 Å². The Bertz CT molecular complexity index is 726. The van der Waals surface area contributed by atoms with Crippen molar-refractivity contribution >= 4 is 33.3 Å². The molecule has 0 aliphatic carbocycles. The van der Waals surface area contributed by atoms with Gasteiger partial charge in [0.25, 0.3) is 5.91 Å². The first-order valence-corrected chi connectivity index (χ1v) is 8.33. The van der Waals surface area contributed by atoms with Crippen LogP contribution in [-0.2, 0) is 4.79 Å². The molecule has 2 aromatic rings. The third kappa shape index (κ3) is 3.72. The molecule has 2 amide bonds. The van der Waals surface area contributed by atoms with Crippen LogP contribution in [0.2, 0.25) is 0 Å². The Morgan fingerprint density at radius 2 is 2.09 bits per heavy atom. The normalized spacial score (nSPS) is 12.4. The van der Waals surface area contributed by atoms with Crippen LogP contribution in [0.1, 0.15) is 31.1 Å². The summed E-state index contributed by atoms with van der Waals surface area (Å²) in [6.45, 7) is 6.34. The lowest BCUT2D eigenvalue weighted by Crippen LogP contribution is -2.50. The van der Waals surface area contributed by atoms with Crippen molar-refractivity contribution in [2.45, 2.75) is 26.8 Å². The Hall–Kier alpha value is -1.89. The fraction of sp³-hybridized carbons (Fsp3) is 0.438.